The number of benzene rings is 1. The van der Waals surface area contributed by atoms with Crippen LogP contribution < -0.4 is 11.0 Å². The summed E-state index contributed by atoms with van der Waals surface area (Å²) in [7, 11) is 1.96. The van der Waals surface area contributed by atoms with Crippen molar-refractivity contribution in [3.05, 3.63) is 66.2 Å². The molecule has 164 valence electrons. The summed E-state index contributed by atoms with van der Waals surface area (Å²) in [5.74, 6) is 0. The van der Waals surface area contributed by atoms with Gasteiger partial charge in [-0.1, -0.05) is 30.7 Å². The molecule has 6 rings (SSSR count). The summed E-state index contributed by atoms with van der Waals surface area (Å²) >= 11 is 0. The molecule has 0 bridgehead atoms. The molecule has 0 spiro atoms. The van der Waals surface area contributed by atoms with Gasteiger partial charge < -0.3 is 10.4 Å². The number of H-pyrrole nitrogens is 1. The highest BCUT2D eigenvalue weighted by Gasteiger charge is 2.16. The Bertz CT molecular complexity index is 1310. The first-order valence-corrected chi connectivity index (χ1v) is 11.3. The highest BCUT2D eigenvalue weighted by atomic mass is 15.7. The number of hydrogen-bond acceptors (Lipinski definition) is 6. The molecule has 32 heavy (non-hydrogen) atoms. The van der Waals surface area contributed by atoms with Gasteiger partial charge in [0, 0.05) is 43.8 Å². The number of hydrazine groups is 2. The van der Waals surface area contributed by atoms with E-state index in [1.54, 1.807) is 0 Å². The van der Waals surface area contributed by atoms with Crippen molar-refractivity contribution in [2.45, 2.75) is 25.8 Å². The number of pyridine rings is 2. The minimum atomic E-state index is 0. The molecule has 2 aliphatic heterocycles. The fourth-order valence-electron chi connectivity index (χ4n) is 4.75. The predicted octanol–water partition coefficient (Wildman–Crippen LogP) is 4.26. The van der Waals surface area contributed by atoms with Crippen LogP contribution in [0.1, 0.15) is 31.9 Å². The van der Waals surface area contributed by atoms with Crippen LogP contribution >= 0.6 is 0 Å². The molecule has 4 aromatic rings. The second-order valence-electron chi connectivity index (χ2n) is 8.74. The number of aromatic nitrogens is 3. The number of hydrogen-bond donors (Lipinski definition) is 3. The minimum Gasteiger partial charge on any atom is -0.338 e. The second-order valence-corrected chi connectivity index (χ2v) is 8.74. The van der Waals surface area contributed by atoms with Gasteiger partial charge in [-0.3, -0.25) is 14.9 Å². The van der Waals surface area contributed by atoms with Crippen LogP contribution in [0.25, 0.3) is 38.8 Å². The van der Waals surface area contributed by atoms with Crippen molar-refractivity contribution in [3.8, 4) is 11.1 Å². The van der Waals surface area contributed by atoms with E-state index in [9.17, 15) is 0 Å². The summed E-state index contributed by atoms with van der Waals surface area (Å²) in [4.78, 5) is 15.3. The van der Waals surface area contributed by atoms with Crippen LogP contribution in [-0.4, -0.2) is 45.0 Å². The van der Waals surface area contributed by atoms with E-state index in [1.807, 2.05) is 30.7 Å². The highest BCUT2D eigenvalue weighted by Crippen LogP contribution is 2.30. The molecule has 1 aromatic carbocycles. The smallest absolute Gasteiger partial charge is 0.138 e. The molecule has 0 saturated carbocycles. The Morgan fingerprint density at radius 1 is 0.938 bits per heavy atom. The molecule has 1 saturated heterocycles. The van der Waals surface area contributed by atoms with Crippen LogP contribution in [0, 0.1) is 0 Å². The second kappa shape index (κ2) is 7.93. The monoisotopic (exact) mass is 427 g/mol. The third-order valence-corrected chi connectivity index (χ3v) is 6.54. The summed E-state index contributed by atoms with van der Waals surface area (Å²) in [6.45, 7) is 3.49. The van der Waals surface area contributed by atoms with Gasteiger partial charge in [0.1, 0.15) is 5.65 Å². The van der Waals surface area contributed by atoms with Crippen molar-refractivity contribution >= 4 is 27.6 Å². The molecule has 3 N–H and O–H groups in total. The lowest BCUT2D eigenvalue weighted by molar-refractivity contribution is 0.221. The van der Waals surface area contributed by atoms with Gasteiger partial charge in [-0.2, -0.15) is 0 Å². The van der Waals surface area contributed by atoms with Crippen molar-refractivity contribution in [1.29, 1.82) is 0 Å². The van der Waals surface area contributed by atoms with Gasteiger partial charge in [-0.15, -0.1) is 5.53 Å². The van der Waals surface area contributed by atoms with E-state index in [0.29, 0.717) is 0 Å². The van der Waals surface area contributed by atoms with Crippen molar-refractivity contribution < 1.29 is 1.43 Å². The lowest BCUT2D eigenvalue weighted by atomic mass is 10.0. The number of nitrogens with one attached hydrogen (secondary N) is 3. The van der Waals surface area contributed by atoms with Gasteiger partial charge in [-0.05, 0) is 49.2 Å². The first-order valence-electron chi connectivity index (χ1n) is 11.3. The summed E-state index contributed by atoms with van der Waals surface area (Å²) in [5.41, 5.74) is 13.5. The van der Waals surface area contributed by atoms with Gasteiger partial charge in [0.15, 0.2) is 0 Å². The first kappa shape index (κ1) is 19.3. The largest absolute Gasteiger partial charge is 0.338 e. The molecular formula is C25H29N7. The predicted molar refractivity (Wildman–Crippen MR) is 130 cm³/mol. The van der Waals surface area contributed by atoms with Crippen molar-refractivity contribution in [3.63, 3.8) is 0 Å². The summed E-state index contributed by atoms with van der Waals surface area (Å²) < 4.78 is 0. The zero-order valence-electron chi connectivity index (χ0n) is 18.2. The third-order valence-electron chi connectivity index (χ3n) is 6.54. The van der Waals surface area contributed by atoms with Crippen LogP contribution in [-0.2, 0) is 6.54 Å². The molecule has 1 fully saturated rings. The average Bonchev–Trinajstić information content (AvgIpc) is 3.42. The van der Waals surface area contributed by atoms with Gasteiger partial charge in [0.2, 0.25) is 0 Å². The Morgan fingerprint density at radius 3 is 2.56 bits per heavy atom. The van der Waals surface area contributed by atoms with Crippen LogP contribution in [0.5, 0.6) is 0 Å². The Kier molecular flexibility index (Phi) is 4.78. The maximum absolute atomic E-state index is 4.71. The van der Waals surface area contributed by atoms with Crippen LogP contribution in [0.15, 0.2) is 55.0 Å². The maximum atomic E-state index is 4.71. The molecular weight excluding hydrogens is 398 g/mol. The normalized spacial score (nSPS) is 17.2. The van der Waals surface area contributed by atoms with Crippen LogP contribution in [0.3, 0.4) is 0 Å². The molecule has 7 nitrogen and oxygen atoms in total. The van der Waals surface area contributed by atoms with E-state index >= 15 is 0 Å². The van der Waals surface area contributed by atoms with E-state index < -0.39 is 0 Å². The summed E-state index contributed by atoms with van der Waals surface area (Å²) in [6, 6.07) is 13.3. The molecule has 0 unspecified atom stereocenters. The lowest BCUT2D eigenvalue weighted by Gasteiger charge is -2.26. The lowest BCUT2D eigenvalue weighted by Crippen LogP contribution is -2.33. The third kappa shape index (κ3) is 3.49. The molecule has 2 aliphatic rings. The average molecular weight is 428 g/mol. The van der Waals surface area contributed by atoms with E-state index in [4.69, 9.17) is 4.98 Å². The quantitative estimate of drug-likeness (QED) is 0.452. The van der Waals surface area contributed by atoms with E-state index in [2.05, 4.69) is 62.2 Å². The van der Waals surface area contributed by atoms with E-state index in [-0.39, 0.29) is 1.43 Å². The van der Waals surface area contributed by atoms with E-state index in [1.165, 1.54) is 43.5 Å². The minimum absolute atomic E-state index is 0. The summed E-state index contributed by atoms with van der Waals surface area (Å²) in [6.07, 6.45) is 9.77. The van der Waals surface area contributed by atoms with Gasteiger partial charge in [0.05, 0.1) is 23.1 Å². The zero-order chi connectivity index (χ0) is 21.5. The Morgan fingerprint density at radius 2 is 1.78 bits per heavy atom. The zero-order valence-corrected chi connectivity index (χ0v) is 18.2. The Hall–Kier alpha value is -3.42. The molecule has 0 aliphatic carbocycles. The fourth-order valence-corrected chi connectivity index (χ4v) is 4.75. The number of rotatable bonds is 4. The SMILES string of the molecule is CN1NNC=C1c1cc2c(cn1)[nH]c1ncc(-c3ccc(CN4CCCCC4)cc3)cc12.[HH]. The van der Waals surface area contributed by atoms with Gasteiger partial charge in [-0.25, -0.2) is 4.98 Å². The van der Waals surface area contributed by atoms with Crippen molar-refractivity contribution in [2.75, 3.05) is 20.1 Å². The van der Waals surface area contributed by atoms with Crippen molar-refractivity contribution in [1.82, 2.24) is 35.8 Å². The highest BCUT2D eigenvalue weighted by molar-refractivity contribution is 6.07. The van der Waals surface area contributed by atoms with Crippen molar-refractivity contribution in [2.24, 2.45) is 0 Å². The number of aromatic amines is 1. The number of nitrogens with zero attached hydrogens (tertiary/aromatic N) is 4. The standard InChI is InChI=1S/C25H27N7.H2/c1-31-24(15-28-30-31)22-12-20-21-11-19(13-27-25(21)29-23(20)14-26-22)18-7-5-17(6-8-18)16-32-9-3-2-4-10-32;/h5-8,11-15,28,30H,2-4,9-10,16H2,1H3,(H,27,29);1H. The number of piperidine rings is 1. The molecule has 0 amide bonds. The number of fused-ring (bicyclic) bond motifs is 3. The molecule has 7 heteroatoms. The molecule has 0 atom stereocenters. The fraction of sp³-hybridized carbons (Fsp3) is 0.280. The molecule has 0 radical (unpaired) electrons. The van der Waals surface area contributed by atoms with E-state index in [0.717, 1.165) is 45.4 Å². The molecule has 3 aromatic heterocycles. The van der Waals surface area contributed by atoms with Gasteiger partial charge >= 0.3 is 0 Å². The van der Waals surface area contributed by atoms with Crippen LogP contribution in [0.4, 0.5) is 0 Å². The topological polar surface area (TPSA) is 72.1 Å². The van der Waals surface area contributed by atoms with Gasteiger partial charge in [0.25, 0.3) is 0 Å². The number of likely N-dealkylation sites (tertiary alicyclic amines) is 1. The Balaban J connectivity index is 0.00000228. The maximum Gasteiger partial charge on any atom is 0.138 e. The Labute approximate surface area is 188 Å². The van der Waals surface area contributed by atoms with Crippen LogP contribution in [0.2, 0.25) is 0 Å². The molecule has 5 heterocycles. The summed E-state index contributed by atoms with van der Waals surface area (Å²) in [5, 5.41) is 4.15. The first-order chi connectivity index (χ1) is 15.7.